The molecule has 0 aromatic heterocycles. The lowest BCUT2D eigenvalue weighted by Gasteiger charge is -2.44. The summed E-state index contributed by atoms with van der Waals surface area (Å²) < 4.78 is 7.06. The first-order valence-corrected chi connectivity index (χ1v) is 7.59. The van der Waals surface area contributed by atoms with E-state index in [1.807, 2.05) is 0 Å². The highest BCUT2D eigenvalue weighted by atomic mass is 79.9. The zero-order chi connectivity index (χ0) is 12.6. The molecule has 0 amide bonds. The standard InChI is InChI=1S/C15H20BrNO/c1-11-15(6-8-18-11)5-7-17-10-14(15)12-3-2-4-13(16)9-12/h2-4,9,11,14,17H,5-8,10H2,1H3. The average molecular weight is 310 g/mol. The summed E-state index contributed by atoms with van der Waals surface area (Å²) in [6.07, 6.45) is 2.81. The van der Waals surface area contributed by atoms with Gasteiger partial charge in [-0.05, 0) is 44.0 Å². The Labute approximate surface area is 117 Å². The molecule has 18 heavy (non-hydrogen) atoms. The highest BCUT2D eigenvalue weighted by Gasteiger charge is 2.49. The van der Waals surface area contributed by atoms with Crippen LogP contribution in [0, 0.1) is 5.41 Å². The van der Waals surface area contributed by atoms with Crippen LogP contribution in [0.3, 0.4) is 0 Å². The molecule has 2 aliphatic rings. The minimum atomic E-state index is 0.339. The van der Waals surface area contributed by atoms with E-state index in [0.29, 0.717) is 17.4 Å². The fourth-order valence-electron chi connectivity index (χ4n) is 3.70. The monoisotopic (exact) mass is 309 g/mol. The molecule has 98 valence electrons. The molecule has 0 bridgehead atoms. The van der Waals surface area contributed by atoms with Crippen LogP contribution in [-0.4, -0.2) is 25.8 Å². The summed E-state index contributed by atoms with van der Waals surface area (Å²) in [7, 11) is 0. The minimum absolute atomic E-state index is 0.339. The van der Waals surface area contributed by atoms with Gasteiger partial charge in [0, 0.05) is 29.0 Å². The lowest BCUT2D eigenvalue weighted by molar-refractivity contribution is 0.0326. The summed E-state index contributed by atoms with van der Waals surface area (Å²) in [6.45, 7) is 5.37. The Hall–Kier alpha value is -0.380. The molecule has 3 heteroatoms. The third kappa shape index (κ3) is 2.02. The van der Waals surface area contributed by atoms with E-state index < -0.39 is 0 Å². The number of halogens is 1. The van der Waals surface area contributed by atoms with Crippen molar-refractivity contribution in [3.63, 3.8) is 0 Å². The molecule has 0 aliphatic carbocycles. The Balaban J connectivity index is 1.97. The average Bonchev–Trinajstić information content (AvgIpc) is 2.72. The number of rotatable bonds is 1. The van der Waals surface area contributed by atoms with Crippen molar-refractivity contribution in [2.75, 3.05) is 19.7 Å². The van der Waals surface area contributed by atoms with E-state index in [2.05, 4.69) is 52.4 Å². The van der Waals surface area contributed by atoms with Crippen molar-refractivity contribution in [3.05, 3.63) is 34.3 Å². The van der Waals surface area contributed by atoms with Gasteiger partial charge in [-0.3, -0.25) is 0 Å². The molecule has 2 nitrogen and oxygen atoms in total. The summed E-state index contributed by atoms with van der Waals surface area (Å²) in [6, 6.07) is 8.77. The van der Waals surface area contributed by atoms with E-state index in [-0.39, 0.29) is 0 Å². The lowest BCUT2D eigenvalue weighted by atomic mass is 9.64. The molecule has 3 atom stereocenters. The van der Waals surface area contributed by atoms with Crippen molar-refractivity contribution in [2.24, 2.45) is 5.41 Å². The maximum Gasteiger partial charge on any atom is 0.0610 e. The van der Waals surface area contributed by atoms with Crippen LogP contribution in [-0.2, 0) is 4.74 Å². The van der Waals surface area contributed by atoms with Crippen molar-refractivity contribution in [1.82, 2.24) is 5.32 Å². The topological polar surface area (TPSA) is 21.3 Å². The molecule has 0 saturated carbocycles. The van der Waals surface area contributed by atoms with Gasteiger partial charge in [-0.1, -0.05) is 28.1 Å². The molecule has 1 spiro atoms. The summed E-state index contributed by atoms with van der Waals surface area (Å²) in [4.78, 5) is 0. The van der Waals surface area contributed by atoms with Gasteiger partial charge in [0.15, 0.2) is 0 Å². The van der Waals surface area contributed by atoms with Gasteiger partial charge >= 0.3 is 0 Å². The molecule has 2 aliphatic heterocycles. The van der Waals surface area contributed by atoms with Gasteiger partial charge < -0.3 is 10.1 Å². The van der Waals surface area contributed by atoms with E-state index in [1.165, 1.54) is 22.9 Å². The van der Waals surface area contributed by atoms with E-state index >= 15 is 0 Å². The van der Waals surface area contributed by atoms with Crippen molar-refractivity contribution in [3.8, 4) is 0 Å². The maximum atomic E-state index is 5.89. The number of hydrogen-bond donors (Lipinski definition) is 1. The maximum absolute atomic E-state index is 5.89. The highest BCUT2D eigenvalue weighted by Crippen LogP contribution is 2.50. The highest BCUT2D eigenvalue weighted by molar-refractivity contribution is 9.10. The second kappa shape index (κ2) is 4.95. The molecule has 2 saturated heterocycles. The summed E-state index contributed by atoms with van der Waals surface area (Å²) >= 11 is 3.59. The van der Waals surface area contributed by atoms with Crippen LogP contribution in [0.1, 0.15) is 31.2 Å². The molecule has 1 aromatic rings. The lowest BCUT2D eigenvalue weighted by Crippen LogP contribution is -2.47. The smallest absolute Gasteiger partial charge is 0.0610 e. The molecule has 3 unspecified atom stereocenters. The predicted octanol–water partition coefficient (Wildman–Crippen LogP) is 3.32. The number of piperidine rings is 1. The first kappa shape index (κ1) is 12.6. The predicted molar refractivity (Wildman–Crippen MR) is 76.8 cm³/mol. The van der Waals surface area contributed by atoms with Crippen molar-refractivity contribution >= 4 is 15.9 Å². The number of benzene rings is 1. The molecule has 1 aromatic carbocycles. The second-order valence-electron chi connectivity index (χ2n) is 5.56. The van der Waals surface area contributed by atoms with Crippen LogP contribution in [0.15, 0.2) is 28.7 Å². The van der Waals surface area contributed by atoms with Crippen LogP contribution >= 0.6 is 15.9 Å². The molecular weight excluding hydrogens is 290 g/mol. The molecule has 2 fully saturated rings. The van der Waals surface area contributed by atoms with Gasteiger partial charge in [0.05, 0.1) is 6.10 Å². The van der Waals surface area contributed by atoms with Gasteiger partial charge in [-0.15, -0.1) is 0 Å². The van der Waals surface area contributed by atoms with E-state index in [0.717, 1.165) is 19.7 Å². The van der Waals surface area contributed by atoms with Gasteiger partial charge in [-0.25, -0.2) is 0 Å². The van der Waals surface area contributed by atoms with Crippen LogP contribution in [0.4, 0.5) is 0 Å². The first-order chi connectivity index (χ1) is 8.72. The summed E-state index contributed by atoms with van der Waals surface area (Å²) in [5, 5.41) is 3.55. The third-order valence-corrected chi connectivity index (χ3v) is 5.30. The second-order valence-corrected chi connectivity index (χ2v) is 6.47. The van der Waals surface area contributed by atoms with Crippen molar-refractivity contribution in [2.45, 2.75) is 31.8 Å². The number of hydrogen-bond acceptors (Lipinski definition) is 2. The normalized spacial score (nSPS) is 36.1. The van der Waals surface area contributed by atoms with Gasteiger partial charge in [0.1, 0.15) is 0 Å². The minimum Gasteiger partial charge on any atom is -0.378 e. The fraction of sp³-hybridized carbons (Fsp3) is 0.600. The van der Waals surface area contributed by atoms with Crippen molar-refractivity contribution < 1.29 is 4.74 Å². The van der Waals surface area contributed by atoms with Gasteiger partial charge in [0.2, 0.25) is 0 Å². The van der Waals surface area contributed by atoms with Crippen LogP contribution in [0.2, 0.25) is 0 Å². The third-order valence-electron chi connectivity index (χ3n) is 4.81. The largest absolute Gasteiger partial charge is 0.378 e. The summed E-state index contributed by atoms with van der Waals surface area (Å²) in [5.41, 5.74) is 1.78. The molecule has 2 heterocycles. The van der Waals surface area contributed by atoms with E-state index in [4.69, 9.17) is 4.74 Å². The zero-order valence-electron chi connectivity index (χ0n) is 10.8. The first-order valence-electron chi connectivity index (χ1n) is 6.80. The zero-order valence-corrected chi connectivity index (χ0v) is 12.4. The van der Waals surface area contributed by atoms with E-state index in [1.54, 1.807) is 0 Å². The molecule has 0 radical (unpaired) electrons. The summed E-state index contributed by atoms with van der Waals surface area (Å²) in [5.74, 6) is 0.571. The Kier molecular flexibility index (Phi) is 3.48. The van der Waals surface area contributed by atoms with Crippen molar-refractivity contribution in [1.29, 1.82) is 0 Å². The van der Waals surface area contributed by atoms with Crippen LogP contribution in [0.5, 0.6) is 0 Å². The van der Waals surface area contributed by atoms with Crippen LogP contribution in [0.25, 0.3) is 0 Å². The van der Waals surface area contributed by atoms with E-state index in [9.17, 15) is 0 Å². The Morgan fingerprint density at radius 1 is 1.39 bits per heavy atom. The number of ether oxygens (including phenoxy) is 1. The Morgan fingerprint density at radius 2 is 2.28 bits per heavy atom. The fourth-order valence-corrected chi connectivity index (χ4v) is 4.12. The van der Waals surface area contributed by atoms with Gasteiger partial charge in [-0.2, -0.15) is 0 Å². The Bertz CT molecular complexity index is 436. The molecular formula is C15H20BrNO. The molecule has 1 N–H and O–H groups in total. The Morgan fingerprint density at radius 3 is 3.00 bits per heavy atom. The quantitative estimate of drug-likeness (QED) is 0.859. The van der Waals surface area contributed by atoms with Crippen LogP contribution < -0.4 is 5.32 Å². The number of nitrogens with one attached hydrogen (secondary N) is 1. The molecule has 3 rings (SSSR count). The van der Waals surface area contributed by atoms with Gasteiger partial charge in [0.25, 0.3) is 0 Å². The SMILES string of the molecule is CC1OCCC12CCNCC2c1cccc(Br)c1.